The van der Waals surface area contributed by atoms with E-state index in [4.69, 9.17) is 26.8 Å². The van der Waals surface area contributed by atoms with Gasteiger partial charge in [0.25, 0.3) is 0 Å². The van der Waals surface area contributed by atoms with Gasteiger partial charge in [-0.05, 0) is 12.5 Å². The minimum atomic E-state index is -2.00. The lowest BCUT2D eigenvalue weighted by atomic mass is 10.1. The highest BCUT2D eigenvalue weighted by Gasteiger charge is 2.58. The van der Waals surface area contributed by atoms with Gasteiger partial charge in [-0.25, -0.2) is 9.18 Å². The van der Waals surface area contributed by atoms with Crippen molar-refractivity contribution >= 4 is 23.4 Å². The van der Waals surface area contributed by atoms with Crippen LogP contribution in [0.25, 0.3) is 0 Å². The normalized spacial score (nSPS) is 27.6. The first-order valence-corrected chi connectivity index (χ1v) is 9.36. The highest BCUT2D eigenvalue weighted by Crippen LogP contribution is 2.43. The van der Waals surface area contributed by atoms with Crippen LogP contribution >= 0.6 is 11.6 Å². The monoisotopic (exact) mass is 405 g/mol. The average Bonchev–Trinajstić information content (AvgIpc) is 2.87. The zero-order valence-electron chi connectivity index (χ0n) is 15.1. The fraction of sp³-hybridized carbons (Fsp3) is 0.706. The molecule has 0 aromatic carbocycles. The smallest absolute Gasteiger partial charge is 0.351 e. The number of hydrogen-bond donors (Lipinski definition) is 2. The number of aromatic nitrogens is 2. The molecule has 0 bridgehead atoms. The van der Waals surface area contributed by atoms with Crippen molar-refractivity contribution < 1.29 is 23.8 Å². The molecule has 2 heterocycles. The van der Waals surface area contributed by atoms with Crippen LogP contribution in [0.3, 0.4) is 0 Å². The molecule has 0 aliphatic carbocycles. The number of unbranched alkanes of at least 4 members (excludes halogenated alkanes) is 4. The maximum absolute atomic E-state index is 14.9. The molecule has 1 aromatic rings. The molecule has 4 atom stereocenters. The topological polar surface area (TPSA) is 117 Å². The zero-order valence-corrected chi connectivity index (χ0v) is 15.9. The number of nitrogens with two attached hydrogens (primary N) is 1. The van der Waals surface area contributed by atoms with Crippen LogP contribution in [-0.4, -0.2) is 44.6 Å². The third kappa shape index (κ3) is 5.18. The highest BCUT2D eigenvalue weighted by atomic mass is 35.5. The summed E-state index contributed by atoms with van der Waals surface area (Å²) in [5, 5.41) is 7.54. The Balaban J connectivity index is 2.06. The van der Waals surface area contributed by atoms with E-state index in [-0.39, 0.29) is 12.2 Å². The summed E-state index contributed by atoms with van der Waals surface area (Å²) in [6, 6.07) is 1.29. The summed E-state index contributed by atoms with van der Waals surface area (Å²) in [6.45, 7) is 1.28. The van der Waals surface area contributed by atoms with Gasteiger partial charge in [0, 0.05) is 12.6 Å². The number of esters is 1. The molecule has 4 unspecified atom stereocenters. The molecule has 1 aromatic heterocycles. The summed E-state index contributed by atoms with van der Waals surface area (Å²) >= 11 is 6.14. The number of aliphatic hydroxyl groups is 1. The second kappa shape index (κ2) is 9.48. The minimum absolute atomic E-state index is 0.0324. The van der Waals surface area contributed by atoms with E-state index in [0.717, 1.165) is 30.3 Å². The van der Waals surface area contributed by atoms with Crippen LogP contribution < -0.4 is 11.4 Å². The Morgan fingerprint density at radius 2 is 2.19 bits per heavy atom. The first kappa shape index (κ1) is 21.6. The molecule has 8 nitrogen and oxygen atoms in total. The van der Waals surface area contributed by atoms with Gasteiger partial charge < -0.3 is 20.3 Å². The van der Waals surface area contributed by atoms with Crippen molar-refractivity contribution in [3.63, 3.8) is 0 Å². The fourth-order valence-electron chi connectivity index (χ4n) is 2.90. The Kier molecular flexibility index (Phi) is 7.58. The number of ether oxygens (including phenoxy) is 2. The van der Waals surface area contributed by atoms with Gasteiger partial charge in [-0.15, -0.1) is 0 Å². The molecule has 1 aliphatic heterocycles. The Labute approximate surface area is 161 Å². The Bertz CT molecular complexity index is 703. The number of nitrogen functional groups attached to an aromatic ring is 1. The Morgan fingerprint density at radius 1 is 1.48 bits per heavy atom. The SMILES string of the molecule is CCCCCCCC(=O)OC1C(F)C(n2ccc(N)nc2=O)OC1(Cl)CO. The summed E-state index contributed by atoms with van der Waals surface area (Å²) in [5.74, 6) is -0.667. The number of nitrogens with zero attached hydrogens (tertiary/aromatic N) is 2. The van der Waals surface area contributed by atoms with Crippen LogP contribution in [0.5, 0.6) is 0 Å². The standard InChI is InChI=1S/C17H25ClFN3O5/c1-2-3-4-5-6-7-12(24)26-14-13(19)15(27-17(14,18)10-23)22-9-8-11(20)21-16(22)25/h8-9,13-15,23H,2-7,10H2,1H3,(H2,20,21,25). The van der Waals surface area contributed by atoms with Crippen LogP contribution in [0.15, 0.2) is 17.1 Å². The van der Waals surface area contributed by atoms with Crippen molar-refractivity contribution in [2.24, 2.45) is 0 Å². The van der Waals surface area contributed by atoms with Crippen molar-refractivity contribution in [2.75, 3.05) is 12.3 Å². The molecule has 1 fully saturated rings. The van der Waals surface area contributed by atoms with Gasteiger partial charge >= 0.3 is 11.7 Å². The van der Waals surface area contributed by atoms with Gasteiger partial charge in [0.15, 0.2) is 18.5 Å². The van der Waals surface area contributed by atoms with Gasteiger partial charge in [0.05, 0.1) is 6.61 Å². The average molecular weight is 406 g/mol. The van der Waals surface area contributed by atoms with E-state index in [2.05, 4.69) is 11.9 Å². The van der Waals surface area contributed by atoms with Crippen LogP contribution in [0.2, 0.25) is 0 Å². The molecule has 10 heteroatoms. The zero-order chi connectivity index (χ0) is 20.0. The number of carbonyl (C=O) groups excluding carboxylic acids is 1. The van der Waals surface area contributed by atoms with E-state index in [1.807, 2.05) is 0 Å². The highest BCUT2D eigenvalue weighted by molar-refractivity contribution is 6.23. The quantitative estimate of drug-likeness (QED) is 0.366. The Hall–Kier alpha value is -1.71. The summed E-state index contributed by atoms with van der Waals surface area (Å²) in [5.41, 5.74) is 4.57. The summed E-state index contributed by atoms with van der Waals surface area (Å²) < 4.78 is 26.3. The molecule has 3 N–H and O–H groups in total. The molecule has 2 rings (SSSR count). The predicted molar refractivity (Wildman–Crippen MR) is 96.9 cm³/mol. The van der Waals surface area contributed by atoms with Crippen molar-refractivity contribution in [1.29, 1.82) is 0 Å². The molecule has 0 amide bonds. The summed E-state index contributed by atoms with van der Waals surface area (Å²) in [4.78, 5) is 27.5. The lowest BCUT2D eigenvalue weighted by Gasteiger charge is -2.25. The summed E-state index contributed by atoms with van der Waals surface area (Å²) in [6.07, 6.45) is 0.925. The third-order valence-corrected chi connectivity index (χ3v) is 4.81. The van der Waals surface area contributed by atoms with Gasteiger partial charge in [-0.1, -0.05) is 44.2 Å². The van der Waals surface area contributed by atoms with Crippen LogP contribution in [-0.2, 0) is 14.3 Å². The van der Waals surface area contributed by atoms with Crippen molar-refractivity contribution in [3.8, 4) is 0 Å². The van der Waals surface area contributed by atoms with Crippen molar-refractivity contribution in [1.82, 2.24) is 9.55 Å². The maximum atomic E-state index is 14.9. The molecular formula is C17H25ClFN3O5. The molecule has 0 spiro atoms. The van der Waals surface area contributed by atoms with Crippen LogP contribution in [0.4, 0.5) is 10.2 Å². The van der Waals surface area contributed by atoms with Gasteiger partial charge in [-0.2, -0.15) is 4.98 Å². The van der Waals surface area contributed by atoms with Gasteiger partial charge in [0.1, 0.15) is 5.82 Å². The molecule has 152 valence electrons. The van der Waals surface area contributed by atoms with Gasteiger partial charge in [0.2, 0.25) is 5.06 Å². The fourth-order valence-corrected chi connectivity index (χ4v) is 3.16. The van der Waals surface area contributed by atoms with E-state index in [0.29, 0.717) is 6.42 Å². The first-order chi connectivity index (χ1) is 12.8. The second-order valence-electron chi connectivity index (χ2n) is 6.51. The van der Waals surface area contributed by atoms with E-state index in [1.54, 1.807) is 0 Å². The number of alkyl halides is 2. The Morgan fingerprint density at radius 3 is 2.81 bits per heavy atom. The van der Waals surface area contributed by atoms with E-state index < -0.39 is 41.8 Å². The van der Waals surface area contributed by atoms with E-state index >= 15 is 0 Å². The number of aliphatic hydroxyl groups excluding tert-OH is 1. The van der Waals surface area contributed by atoms with Crippen LogP contribution in [0.1, 0.15) is 51.7 Å². The molecule has 0 radical (unpaired) electrons. The maximum Gasteiger partial charge on any atom is 0.351 e. The van der Waals surface area contributed by atoms with E-state index in [1.165, 1.54) is 12.3 Å². The second-order valence-corrected chi connectivity index (χ2v) is 7.15. The predicted octanol–water partition coefficient (Wildman–Crippen LogP) is 1.89. The molecule has 27 heavy (non-hydrogen) atoms. The molecule has 1 saturated heterocycles. The number of carbonyl (C=O) groups is 1. The number of rotatable bonds is 9. The third-order valence-electron chi connectivity index (χ3n) is 4.39. The molecule has 0 saturated carbocycles. The van der Waals surface area contributed by atoms with Gasteiger partial charge in [-0.3, -0.25) is 9.36 Å². The lowest BCUT2D eigenvalue weighted by molar-refractivity contribution is -0.158. The number of halogens is 2. The van der Waals surface area contributed by atoms with E-state index in [9.17, 15) is 19.1 Å². The first-order valence-electron chi connectivity index (χ1n) is 8.98. The molecular weight excluding hydrogens is 381 g/mol. The summed E-state index contributed by atoms with van der Waals surface area (Å²) in [7, 11) is 0. The van der Waals surface area contributed by atoms with Crippen LogP contribution in [0, 0.1) is 0 Å². The minimum Gasteiger partial charge on any atom is -0.454 e. The lowest BCUT2D eigenvalue weighted by Crippen LogP contribution is -2.43. The van der Waals surface area contributed by atoms with Crippen molar-refractivity contribution in [3.05, 3.63) is 22.7 Å². The van der Waals surface area contributed by atoms with Crippen molar-refractivity contribution in [2.45, 2.75) is 69.0 Å². The molecule has 1 aliphatic rings. The largest absolute Gasteiger partial charge is 0.454 e. The number of anilines is 1. The number of hydrogen-bond acceptors (Lipinski definition) is 7.